The molecule has 0 aliphatic carbocycles. The maximum atomic E-state index is 10.5. The molecular weight excluding hydrogens is 244 g/mol. The molecule has 0 bridgehead atoms. The van der Waals surface area contributed by atoms with Gasteiger partial charge in [-0.1, -0.05) is 11.6 Å². The van der Waals surface area contributed by atoms with E-state index in [0.717, 1.165) is 25.1 Å². The zero-order chi connectivity index (χ0) is 12.3. The van der Waals surface area contributed by atoms with Crippen LogP contribution in [-0.2, 0) is 11.3 Å². The molecule has 6 heteroatoms. The molecule has 1 heterocycles. The maximum Gasteiger partial charge on any atom is 0.270 e. The Morgan fingerprint density at radius 3 is 3.00 bits per heavy atom. The Hall–Kier alpha value is -1.17. The molecule has 2 rings (SSSR count). The third kappa shape index (κ3) is 3.15. The summed E-state index contributed by atoms with van der Waals surface area (Å²) in [4.78, 5) is 10.1. The van der Waals surface area contributed by atoms with Crippen LogP contribution in [0.5, 0.6) is 0 Å². The predicted octanol–water partition coefficient (Wildman–Crippen LogP) is 2.13. The number of halogens is 1. The van der Waals surface area contributed by atoms with E-state index in [-0.39, 0.29) is 11.8 Å². The number of non-ortho nitro benzene ring substituents is 1. The van der Waals surface area contributed by atoms with Gasteiger partial charge in [-0.15, -0.1) is 0 Å². The highest BCUT2D eigenvalue weighted by molar-refractivity contribution is 6.31. The summed E-state index contributed by atoms with van der Waals surface area (Å²) in [7, 11) is 0. The lowest BCUT2D eigenvalue weighted by Gasteiger charge is -2.11. The van der Waals surface area contributed by atoms with Gasteiger partial charge in [0.15, 0.2) is 0 Å². The average molecular weight is 257 g/mol. The van der Waals surface area contributed by atoms with Crippen LogP contribution >= 0.6 is 11.6 Å². The molecule has 1 aromatic rings. The second-order valence-corrected chi connectivity index (χ2v) is 4.37. The van der Waals surface area contributed by atoms with Gasteiger partial charge >= 0.3 is 0 Å². The molecule has 1 aliphatic heterocycles. The van der Waals surface area contributed by atoms with Gasteiger partial charge in [0.2, 0.25) is 0 Å². The Balaban J connectivity index is 1.98. The minimum absolute atomic E-state index is 0.00119. The topological polar surface area (TPSA) is 64.4 Å². The lowest BCUT2D eigenvalue weighted by Crippen LogP contribution is -2.16. The van der Waals surface area contributed by atoms with Gasteiger partial charge in [0.05, 0.1) is 22.7 Å². The summed E-state index contributed by atoms with van der Waals surface area (Å²) in [5, 5.41) is 14.1. The molecule has 0 radical (unpaired) electrons. The molecule has 5 nitrogen and oxygen atoms in total. The first-order valence-corrected chi connectivity index (χ1v) is 5.80. The zero-order valence-corrected chi connectivity index (χ0v) is 9.94. The van der Waals surface area contributed by atoms with Crippen LogP contribution in [0.1, 0.15) is 12.0 Å². The third-order valence-corrected chi connectivity index (χ3v) is 3.09. The zero-order valence-electron chi connectivity index (χ0n) is 9.19. The van der Waals surface area contributed by atoms with Gasteiger partial charge in [-0.25, -0.2) is 0 Å². The standard InChI is InChI=1S/C11H13ClN2O3/c12-11-5-9(14(15)16)2-1-8(11)7-17-10-3-4-13-6-10/h1-2,5,10,13H,3-4,6-7H2. The average Bonchev–Trinajstić information content (AvgIpc) is 2.80. The number of nitrogens with zero attached hydrogens (tertiary/aromatic N) is 1. The Kier molecular flexibility index (Phi) is 3.93. The smallest absolute Gasteiger partial charge is 0.270 e. The highest BCUT2D eigenvalue weighted by Crippen LogP contribution is 2.23. The Labute approximate surface area is 104 Å². The first-order chi connectivity index (χ1) is 8.16. The van der Waals surface area contributed by atoms with E-state index in [2.05, 4.69) is 5.32 Å². The van der Waals surface area contributed by atoms with Crippen molar-refractivity contribution in [3.63, 3.8) is 0 Å². The van der Waals surface area contributed by atoms with Crippen molar-refractivity contribution in [3.05, 3.63) is 38.9 Å². The van der Waals surface area contributed by atoms with Gasteiger partial charge in [-0.2, -0.15) is 0 Å². The van der Waals surface area contributed by atoms with Crippen molar-refractivity contribution in [1.29, 1.82) is 0 Å². The van der Waals surface area contributed by atoms with E-state index in [0.29, 0.717) is 11.6 Å². The molecule has 1 unspecified atom stereocenters. The van der Waals surface area contributed by atoms with E-state index in [4.69, 9.17) is 16.3 Å². The Bertz CT molecular complexity index is 419. The number of rotatable bonds is 4. The van der Waals surface area contributed by atoms with Crippen LogP contribution in [0.25, 0.3) is 0 Å². The van der Waals surface area contributed by atoms with Crippen LogP contribution in [0.4, 0.5) is 5.69 Å². The van der Waals surface area contributed by atoms with Crippen LogP contribution in [0.15, 0.2) is 18.2 Å². The monoisotopic (exact) mass is 256 g/mol. The lowest BCUT2D eigenvalue weighted by molar-refractivity contribution is -0.384. The molecule has 0 amide bonds. The number of nitro benzene ring substituents is 1. The molecule has 1 aliphatic rings. The predicted molar refractivity (Wildman–Crippen MR) is 64.2 cm³/mol. The van der Waals surface area contributed by atoms with Crippen LogP contribution in [0.3, 0.4) is 0 Å². The van der Waals surface area contributed by atoms with Gasteiger partial charge < -0.3 is 10.1 Å². The number of benzene rings is 1. The van der Waals surface area contributed by atoms with Crippen molar-refractivity contribution in [2.75, 3.05) is 13.1 Å². The molecule has 1 saturated heterocycles. The summed E-state index contributed by atoms with van der Waals surface area (Å²) in [5.41, 5.74) is 0.783. The number of hydrogen-bond donors (Lipinski definition) is 1. The van der Waals surface area contributed by atoms with Crippen molar-refractivity contribution in [1.82, 2.24) is 5.32 Å². The number of ether oxygens (including phenoxy) is 1. The quantitative estimate of drug-likeness (QED) is 0.662. The largest absolute Gasteiger partial charge is 0.372 e. The molecule has 0 aromatic heterocycles. The summed E-state index contributed by atoms with van der Waals surface area (Å²) >= 11 is 5.96. The minimum Gasteiger partial charge on any atom is -0.372 e. The van der Waals surface area contributed by atoms with Crippen LogP contribution in [0, 0.1) is 10.1 Å². The SMILES string of the molecule is O=[N+]([O-])c1ccc(COC2CCNC2)c(Cl)c1. The van der Waals surface area contributed by atoms with Crippen LogP contribution in [0.2, 0.25) is 5.02 Å². The van der Waals surface area contributed by atoms with E-state index < -0.39 is 4.92 Å². The fraction of sp³-hybridized carbons (Fsp3) is 0.455. The molecular formula is C11H13ClN2O3. The van der Waals surface area contributed by atoms with Crippen molar-refractivity contribution in [3.8, 4) is 0 Å². The van der Waals surface area contributed by atoms with E-state index in [9.17, 15) is 10.1 Å². The summed E-state index contributed by atoms with van der Waals surface area (Å²) < 4.78 is 5.65. The van der Waals surface area contributed by atoms with E-state index >= 15 is 0 Å². The Morgan fingerprint density at radius 2 is 2.41 bits per heavy atom. The van der Waals surface area contributed by atoms with Crippen molar-refractivity contribution < 1.29 is 9.66 Å². The van der Waals surface area contributed by atoms with Gasteiger partial charge in [-0.3, -0.25) is 10.1 Å². The summed E-state index contributed by atoms with van der Waals surface area (Å²) in [6, 6.07) is 4.44. The minimum atomic E-state index is -0.461. The number of nitro groups is 1. The number of nitrogens with one attached hydrogen (secondary N) is 1. The summed E-state index contributed by atoms with van der Waals surface area (Å²) in [6.07, 6.45) is 1.20. The van der Waals surface area contributed by atoms with Gasteiger partial charge in [0.25, 0.3) is 5.69 Å². The molecule has 17 heavy (non-hydrogen) atoms. The van der Waals surface area contributed by atoms with Crippen LogP contribution < -0.4 is 5.32 Å². The van der Waals surface area contributed by atoms with Gasteiger partial charge in [-0.05, 0) is 24.6 Å². The first-order valence-electron chi connectivity index (χ1n) is 5.42. The molecule has 0 saturated carbocycles. The first kappa shape index (κ1) is 12.3. The van der Waals surface area contributed by atoms with Crippen molar-refractivity contribution in [2.45, 2.75) is 19.1 Å². The molecule has 0 spiro atoms. The molecule has 1 aromatic carbocycles. The maximum absolute atomic E-state index is 10.5. The highest BCUT2D eigenvalue weighted by Gasteiger charge is 2.16. The highest BCUT2D eigenvalue weighted by atomic mass is 35.5. The van der Waals surface area contributed by atoms with Crippen molar-refractivity contribution >= 4 is 17.3 Å². The van der Waals surface area contributed by atoms with Gasteiger partial charge in [0, 0.05) is 18.7 Å². The van der Waals surface area contributed by atoms with Crippen molar-refractivity contribution in [2.24, 2.45) is 0 Å². The molecule has 92 valence electrons. The summed E-state index contributed by atoms with van der Waals surface area (Å²) in [5.74, 6) is 0. The van der Waals surface area contributed by atoms with Gasteiger partial charge in [0.1, 0.15) is 0 Å². The molecule has 1 N–H and O–H groups in total. The second-order valence-electron chi connectivity index (χ2n) is 3.96. The molecule has 1 atom stereocenters. The second kappa shape index (κ2) is 5.44. The summed E-state index contributed by atoms with van der Waals surface area (Å²) in [6.45, 7) is 2.21. The van der Waals surface area contributed by atoms with E-state index in [1.807, 2.05) is 0 Å². The van der Waals surface area contributed by atoms with E-state index in [1.165, 1.54) is 12.1 Å². The number of hydrogen-bond acceptors (Lipinski definition) is 4. The lowest BCUT2D eigenvalue weighted by atomic mass is 10.2. The third-order valence-electron chi connectivity index (χ3n) is 2.74. The van der Waals surface area contributed by atoms with E-state index in [1.54, 1.807) is 6.07 Å². The fourth-order valence-electron chi connectivity index (χ4n) is 1.74. The van der Waals surface area contributed by atoms with Crippen LogP contribution in [-0.4, -0.2) is 24.1 Å². The molecule has 1 fully saturated rings. The fourth-order valence-corrected chi connectivity index (χ4v) is 1.97. The normalized spacial score (nSPS) is 19.5. The Morgan fingerprint density at radius 1 is 1.59 bits per heavy atom.